The summed E-state index contributed by atoms with van der Waals surface area (Å²) in [6.45, 7) is 0. The lowest BCUT2D eigenvalue weighted by molar-refractivity contribution is 0.594. The number of furan rings is 1. The smallest absolute Gasteiger partial charge is 0.142 e. The van der Waals surface area contributed by atoms with Crippen LogP contribution in [-0.2, 0) is 11.8 Å². The zero-order chi connectivity index (χ0) is 34.2. The third-order valence-corrected chi connectivity index (χ3v) is 11.5. The molecule has 0 bridgehead atoms. The minimum Gasteiger partial charge on any atom is -0.455 e. The Morgan fingerprint density at radius 1 is 0.481 bits per heavy atom. The van der Waals surface area contributed by atoms with Gasteiger partial charge in [-0.15, -0.1) is 0 Å². The van der Waals surface area contributed by atoms with Crippen LogP contribution in [0.3, 0.4) is 0 Å². The van der Waals surface area contributed by atoms with E-state index in [0.717, 1.165) is 46.6 Å². The molecule has 0 aliphatic heterocycles. The maximum absolute atomic E-state index is 7.32. The van der Waals surface area contributed by atoms with Gasteiger partial charge in [0.05, 0.1) is 5.41 Å². The van der Waals surface area contributed by atoms with Gasteiger partial charge in [-0.2, -0.15) is 0 Å². The summed E-state index contributed by atoms with van der Waals surface area (Å²) in [5.74, 6) is 1.86. The van der Waals surface area contributed by atoms with E-state index in [4.69, 9.17) is 4.42 Å². The topological polar surface area (TPSA) is 13.1 Å². The largest absolute Gasteiger partial charge is 0.455 e. The first-order chi connectivity index (χ1) is 25.8. The highest BCUT2D eigenvalue weighted by molar-refractivity contribution is 5.99. The van der Waals surface area contributed by atoms with Crippen LogP contribution in [0.2, 0.25) is 0 Å². The molecule has 1 spiro atoms. The minimum absolute atomic E-state index is 0.450. The van der Waals surface area contributed by atoms with Gasteiger partial charge >= 0.3 is 0 Å². The third kappa shape index (κ3) is 3.95. The standard InChI is InChI=1S/C51H32O/c1-3-17-33(18-4-1)35-21-7-8-25-39(35)49-40-26-9-10-27-41(40)50(52-49)44-32-48-43(31-42(44)34-19-5-2-6-20-34)38-24-13-16-30-47(38)51(48)45-28-14-11-22-36(45)37-23-12-15-29-46(37)51/h1-5,7-9,11-19,21-26,28-32H,10,27H2. The summed E-state index contributed by atoms with van der Waals surface area (Å²) in [6, 6.07) is 64.0. The third-order valence-electron chi connectivity index (χ3n) is 11.5. The van der Waals surface area contributed by atoms with Crippen LogP contribution in [0, 0.1) is 12.1 Å². The monoisotopic (exact) mass is 660 g/mol. The fraction of sp³-hybridized carbons (Fsp3) is 0.0588. The molecule has 0 saturated heterocycles. The molecule has 52 heavy (non-hydrogen) atoms. The number of rotatable bonds is 4. The van der Waals surface area contributed by atoms with Crippen molar-refractivity contribution in [2.45, 2.75) is 18.3 Å². The molecule has 1 heterocycles. The van der Waals surface area contributed by atoms with E-state index >= 15 is 0 Å². The fourth-order valence-electron chi connectivity index (χ4n) is 9.36. The lowest BCUT2D eigenvalue weighted by Gasteiger charge is -2.31. The maximum Gasteiger partial charge on any atom is 0.142 e. The molecule has 8 aromatic rings. The van der Waals surface area contributed by atoms with Crippen molar-refractivity contribution in [1.82, 2.24) is 0 Å². The SMILES string of the molecule is c1cccc(-c2cc3c(cc2-c2oc(-c4ccccc4-c4ccccc4)c4c2CCC=C4)C2(c4ccccc4-c4ccccc42)c2ccccc2-3)c#1. The van der Waals surface area contributed by atoms with E-state index in [-0.39, 0.29) is 0 Å². The van der Waals surface area contributed by atoms with E-state index < -0.39 is 5.41 Å². The van der Waals surface area contributed by atoms with Crippen molar-refractivity contribution in [3.8, 4) is 67.2 Å². The summed E-state index contributed by atoms with van der Waals surface area (Å²) in [5, 5.41) is 0. The maximum atomic E-state index is 7.32. The predicted molar refractivity (Wildman–Crippen MR) is 212 cm³/mol. The molecule has 242 valence electrons. The summed E-state index contributed by atoms with van der Waals surface area (Å²) in [5.41, 5.74) is 19.1. The van der Waals surface area contributed by atoms with Crippen molar-refractivity contribution in [1.29, 1.82) is 0 Å². The molecule has 0 N–H and O–H groups in total. The van der Waals surface area contributed by atoms with E-state index in [1.807, 2.05) is 6.07 Å². The molecule has 0 fully saturated rings. The van der Waals surface area contributed by atoms with Gasteiger partial charge in [0, 0.05) is 33.4 Å². The van der Waals surface area contributed by atoms with Gasteiger partial charge in [0.25, 0.3) is 0 Å². The molecule has 0 atom stereocenters. The Kier molecular flexibility index (Phi) is 6.27. The van der Waals surface area contributed by atoms with Crippen LogP contribution in [0.5, 0.6) is 0 Å². The summed E-state index contributed by atoms with van der Waals surface area (Å²) in [6.07, 6.45) is 6.45. The molecular weight excluding hydrogens is 629 g/mol. The highest BCUT2D eigenvalue weighted by Gasteiger charge is 2.52. The van der Waals surface area contributed by atoms with E-state index in [9.17, 15) is 0 Å². The number of fused-ring (bicyclic) bond motifs is 11. The molecule has 1 nitrogen and oxygen atoms in total. The number of hydrogen-bond acceptors (Lipinski definition) is 1. The lowest BCUT2D eigenvalue weighted by Crippen LogP contribution is -2.25. The zero-order valence-electron chi connectivity index (χ0n) is 28.5. The number of benzene rings is 6. The molecule has 0 radical (unpaired) electrons. The lowest BCUT2D eigenvalue weighted by atomic mass is 9.70. The van der Waals surface area contributed by atoms with Crippen molar-refractivity contribution >= 4 is 6.08 Å². The number of allylic oxidation sites excluding steroid dienone is 1. The van der Waals surface area contributed by atoms with Crippen LogP contribution < -0.4 is 0 Å². The van der Waals surface area contributed by atoms with Gasteiger partial charge in [0.2, 0.25) is 0 Å². The van der Waals surface area contributed by atoms with Gasteiger partial charge in [0.1, 0.15) is 11.5 Å². The molecule has 1 heteroatoms. The average molecular weight is 661 g/mol. The second-order valence-corrected chi connectivity index (χ2v) is 14.0. The van der Waals surface area contributed by atoms with Crippen molar-refractivity contribution in [3.05, 3.63) is 209 Å². The van der Waals surface area contributed by atoms with E-state index in [1.165, 1.54) is 66.8 Å². The van der Waals surface area contributed by atoms with Crippen LogP contribution in [0.1, 0.15) is 39.8 Å². The second-order valence-electron chi connectivity index (χ2n) is 14.0. The van der Waals surface area contributed by atoms with Gasteiger partial charge in [-0.25, -0.2) is 0 Å². The highest BCUT2D eigenvalue weighted by atomic mass is 16.3. The van der Waals surface area contributed by atoms with Crippen LogP contribution in [0.4, 0.5) is 0 Å². The summed E-state index contributed by atoms with van der Waals surface area (Å²) >= 11 is 0. The first-order valence-corrected chi connectivity index (χ1v) is 18.2. The zero-order valence-corrected chi connectivity index (χ0v) is 28.5. The molecular formula is C51H32O. The van der Waals surface area contributed by atoms with E-state index in [1.54, 1.807) is 0 Å². The molecule has 7 aromatic carbocycles. The van der Waals surface area contributed by atoms with Gasteiger partial charge in [-0.05, 0) is 92.7 Å². The molecule has 11 rings (SSSR count). The Labute approximate surface area is 304 Å². The Morgan fingerprint density at radius 2 is 1.10 bits per heavy atom. The second kappa shape index (κ2) is 11.2. The van der Waals surface area contributed by atoms with E-state index in [0.29, 0.717) is 0 Å². The van der Waals surface area contributed by atoms with Gasteiger partial charge in [-0.1, -0.05) is 158 Å². The van der Waals surface area contributed by atoms with Crippen LogP contribution in [-0.4, -0.2) is 0 Å². The fourth-order valence-corrected chi connectivity index (χ4v) is 9.36. The molecule has 0 amide bonds. The van der Waals surface area contributed by atoms with Crippen LogP contribution >= 0.6 is 0 Å². The highest BCUT2D eigenvalue weighted by Crippen LogP contribution is 2.64. The Bertz CT molecular complexity index is 2680. The van der Waals surface area contributed by atoms with Crippen molar-refractivity contribution in [3.63, 3.8) is 0 Å². The van der Waals surface area contributed by atoms with Gasteiger partial charge in [0.15, 0.2) is 0 Å². The van der Waals surface area contributed by atoms with Crippen molar-refractivity contribution in [2.24, 2.45) is 0 Å². The minimum atomic E-state index is -0.450. The summed E-state index contributed by atoms with van der Waals surface area (Å²) in [4.78, 5) is 0. The Hall–Kier alpha value is -6.62. The van der Waals surface area contributed by atoms with Gasteiger partial charge < -0.3 is 4.42 Å². The van der Waals surface area contributed by atoms with Gasteiger partial charge in [-0.3, -0.25) is 0 Å². The normalized spacial score (nSPS) is 13.9. The number of hydrogen-bond donors (Lipinski definition) is 0. The molecule has 0 saturated carbocycles. The Morgan fingerprint density at radius 3 is 1.77 bits per heavy atom. The molecule has 3 aliphatic carbocycles. The average Bonchev–Trinajstić information content (AvgIpc) is 3.85. The Balaban J connectivity index is 1.24. The molecule has 1 aromatic heterocycles. The quantitative estimate of drug-likeness (QED) is 0.183. The summed E-state index contributed by atoms with van der Waals surface area (Å²) < 4.78 is 7.32. The van der Waals surface area contributed by atoms with E-state index in [2.05, 4.69) is 176 Å². The first kappa shape index (κ1) is 29.1. The van der Waals surface area contributed by atoms with Crippen LogP contribution in [0.25, 0.3) is 73.2 Å². The van der Waals surface area contributed by atoms with Crippen LogP contribution in [0.15, 0.2) is 168 Å². The summed E-state index contributed by atoms with van der Waals surface area (Å²) in [7, 11) is 0. The van der Waals surface area contributed by atoms with Crippen molar-refractivity contribution < 1.29 is 4.42 Å². The first-order valence-electron chi connectivity index (χ1n) is 18.2. The molecule has 3 aliphatic rings. The predicted octanol–water partition coefficient (Wildman–Crippen LogP) is 12.9. The molecule has 0 unspecified atom stereocenters. The van der Waals surface area contributed by atoms with Crippen molar-refractivity contribution in [2.75, 3.05) is 0 Å².